The molecule has 1 saturated carbocycles. The van der Waals surface area contributed by atoms with Crippen molar-refractivity contribution in [2.75, 3.05) is 6.61 Å². The van der Waals surface area contributed by atoms with Crippen LogP contribution in [0.3, 0.4) is 0 Å². The van der Waals surface area contributed by atoms with Crippen LogP contribution in [0.5, 0.6) is 0 Å². The van der Waals surface area contributed by atoms with Crippen molar-refractivity contribution in [3.63, 3.8) is 0 Å². The molecule has 3 heterocycles. The number of ketones is 1. The second-order valence-electron chi connectivity index (χ2n) is 7.38. The number of carbonyl (C=O) groups excluding carboxylic acids is 2. The van der Waals surface area contributed by atoms with Gasteiger partial charge in [0.1, 0.15) is 30.9 Å². The van der Waals surface area contributed by atoms with Crippen molar-refractivity contribution < 1.29 is 18.8 Å². The van der Waals surface area contributed by atoms with E-state index in [1.807, 2.05) is 0 Å². The van der Waals surface area contributed by atoms with Crippen molar-refractivity contribution in [3.05, 3.63) is 65.6 Å². The van der Waals surface area contributed by atoms with Gasteiger partial charge in [-0.3, -0.25) is 4.79 Å². The normalized spacial score (nSPS) is 13.3. The van der Waals surface area contributed by atoms with Gasteiger partial charge in [-0.05, 0) is 44.4 Å². The topological polar surface area (TPSA) is 131 Å². The van der Waals surface area contributed by atoms with E-state index in [0.29, 0.717) is 28.3 Å². The lowest BCUT2D eigenvalue weighted by Crippen LogP contribution is -2.16. The van der Waals surface area contributed by atoms with Gasteiger partial charge in [-0.1, -0.05) is 5.16 Å². The van der Waals surface area contributed by atoms with Gasteiger partial charge in [0.15, 0.2) is 11.5 Å². The maximum absolute atomic E-state index is 13.7. The Morgan fingerprint density at radius 3 is 2.47 bits per heavy atom. The molecule has 1 aromatic carbocycles. The number of nitrogens with zero attached hydrogens (tertiary/aromatic N) is 7. The molecule has 4 aromatic rings. The molecule has 162 valence electrons. The van der Waals surface area contributed by atoms with Crippen molar-refractivity contribution in [2.24, 2.45) is 0 Å². The van der Waals surface area contributed by atoms with E-state index in [4.69, 9.17) is 9.26 Å². The molecule has 0 spiro atoms. The van der Waals surface area contributed by atoms with Gasteiger partial charge < -0.3 is 9.26 Å². The summed E-state index contributed by atoms with van der Waals surface area (Å²) in [5.41, 5.74) is 2.36. The number of aromatic nitrogens is 7. The van der Waals surface area contributed by atoms with Gasteiger partial charge in [-0.25, -0.2) is 24.1 Å². The number of ether oxygens (including phenoxy) is 1. The van der Waals surface area contributed by atoms with E-state index in [9.17, 15) is 9.59 Å². The quantitative estimate of drug-likeness (QED) is 0.318. The number of esters is 1. The van der Waals surface area contributed by atoms with E-state index in [1.54, 1.807) is 41.7 Å². The van der Waals surface area contributed by atoms with Crippen molar-refractivity contribution in [1.29, 1.82) is 0 Å². The van der Waals surface area contributed by atoms with E-state index in [1.165, 1.54) is 19.0 Å². The first-order valence-corrected chi connectivity index (χ1v) is 10.1. The third-order valence-electron chi connectivity index (χ3n) is 5.33. The van der Waals surface area contributed by atoms with Crippen LogP contribution in [0.25, 0.3) is 11.4 Å². The van der Waals surface area contributed by atoms with E-state index in [0.717, 1.165) is 12.8 Å². The molecule has 0 unspecified atom stereocenters. The zero-order valence-corrected chi connectivity index (χ0v) is 17.4. The van der Waals surface area contributed by atoms with E-state index in [-0.39, 0.29) is 29.6 Å². The molecule has 0 N–H and O–H groups in total. The molecule has 3 aromatic heterocycles. The van der Waals surface area contributed by atoms with Crippen molar-refractivity contribution in [2.45, 2.75) is 32.6 Å². The zero-order chi connectivity index (χ0) is 22.2. The molecule has 32 heavy (non-hydrogen) atoms. The molecule has 0 bridgehead atoms. The SMILES string of the molecule is CCOC(=O)c1noc(C2CC2)c1C(=O)c1ccc(-n2cncn2)c(-n2cncn2)c1C. The van der Waals surface area contributed by atoms with E-state index in [2.05, 4.69) is 25.3 Å². The van der Waals surface area contributed by atoms with Gasteiger partial charge in [0.05, 0.1) is 18.0 Å². The number of rotatable bonds is 7. The molecular formula is C21H19N7O4. The van der Waals surface area contributed by atoms with Crippen LogP contribution in [0.15, 0.2) is 42.0 Å². The molecule has 1 fully saturated rings. The maximum Gasteiger partial charge on any atom is 0.361 e. The van der Waals surface area contributed by atoms with Gasteiger partial charge >= 0.3 is 5.97 Å². The maximum atomic E-state index is 13.7. The number of hydrogen-bond acceptors (Lipinski definition) is 9. The standard InChI is InChI=1S/C21H19N7O4/c1-3-31-21(30)17-16(20(32-26-17)13-4-5-13)19(29)14-6-7-15(27-10-22-8-24-27)18(12(14)2)28-11-23-9-25-28/h6-11,13H,3-5H2,1-2H3. The van der Waals surface area contributed by atoms with Gasteiger partial charge in [-0.2, -0.15) is 10.2 Å². The fraction of sp³-hybridized carbons (Fsp3) is 0.286. The minimum absolute atomic E-state index is 0.0779. The largest absolute Gasteiger partial charge is 0.461 e. The number of hydrogen-bond donors (Lipinski definition) is 0. The van der Waals surface area contributed by atoms with Crippen LogP contribution in [0.2, 0.25) is 0 Å². The highest BCUT2D eigenvalue weighted by atomic mass is 16.5. The second-order valence-corrected chi connectivity index (χ2v) is 7.38. The Kier molecular flexibility index (Phi) is 4.85. The first kappa shape index (κ1) is 19.8. The molecule has 0 amide bonds. The van der Waals surface area contributed by atoms with Crippen molar-refractivity contribution >= 4 is 11.8 Å². The van der Waals surface area contributed by atoms with Gasteiger partial charge in [0, 0.05) is 11.5 Å². The highest BCUT2D eigenvalue weighted by molar-refractivity contribution is 6.15. The summed E-state index contributed by atoms with van der Waals surface area (Å²) < 4.78 is 13.7. The van der Waals surface area contributed by atoms with Crippen molar-refractivity contribution in [1.82, 2.24) is 34.7 Å². The van der Waals surface area contributed by atoms with Crippen LogP contribution in [-0.4, -0.2) is 53.0 Å². The molecule has 0 saturated heterocycles. The molecule has 1 aliphatic rings. The van der Waals surface area contributed by atoms with Crippen LogP contribution in [0.4, 0.5) is 0 Å². The summed E-state index contributed by atoms with van der Waals surface area (Å²) in [6, 6.07) is 3.44. The second kappa shape index (κ2) is 7.84. The Morgan fingerprint density at radius 1 is 1.12 bits per heavy atom. The molecule has 1 aliphatic carbocycles. The summed E-state index contributed by atoms with van der Waals surface area (Å²) >= 11 is 0. The predicted molar refractivity (Wildman–Crippen MR) is 109 cm³/mol. The summed E-state index contributed by atoms with van der Waals surface area (Å²) in [5, 5.41) is 12.3. The van der Waals surface area contributed by atoms with Gasteiger partial charge in [0.2, 0.25) is 5.69 Å². The van der Waals surface area contributed by atoms with Crippen LogP contribution in [-0.2, 0) is 4.74 Å². The Bertz CT molecular complexity index is 1290. The predicted octanol–water partition coefficient (Wildman–Crippen LogP) is 2.43. The summed E-state index contributed by atoms with van der Waals surface area (Å²) in [5.74, 6) is -0.533. The lowest BCUT2D eigenvalue weighted by Gasteiger charge is -2.15. The smallest absolute Gasteiger partial charge is 0.361 e. The number of benzene rings is 1. The lowest BCUT2D eigenvalue weighted by molar-refractivity contribution is 0.0512. The summed E-state index contributed by atoms with van der Waals surface area (Å²) in [4.78, 5) is 34.2. The molecule has 5 rings (SSSR count). The Morgan fingerprint density at radius 2 is 1.84 bits per heavy atom. The fourth-order valence-corrected chi connectivity index (χ4v) is 3.68. The van der Waals surface area contributed by atoms with E-state index >= 15 is 0 Å². The highest BCUT2D eigenvalue weighted by Gasteiger charge is 2.38. The van der Waals surface area contributed by atoms with Gasteiger partial charge in [0.25, 0.3) is 0 Å². The molecule has 11 nitrogen and oxygen atoms in total. The molecule has 0 atom stereocenters. The number of carbonyl (C=O) groups is 2. The Hall–Kier alpha value is -4.15. The minimum Gasteiger partial charge on any atom is -0.461 e. The fourth-order valence-electron chi connectivity index (χ4n) is 3.68. The Balaban J connectivity index is 1.67. The van der Waals surface area contributed by atoms with Crippen LogP contribution >= 0.6 is 0 Å². The third kappa shape index (κ3) is 3.27. The van der Waals surface area contributed by atoms with Crippen molar-refractivity contribution in [3.8, 4) is 11.4 Å². The summed E-state index contributed by atoms with van der Waals surface area (Å²) in [6.07, 6.45) is 7.68. The first-order valence-electron chi connectivity index (χ1n) is 10.1. The van der Waals surface area contributed by atoms with E-state index < -0.39 is 5.97 Å². The van der Waals surface area contributed by atoms with Crippen LogP contribution in [0.1, 0.15) is 63.4 Å². The van der Waals surface area contributed by atoms with Crippen LogP contribution in [0, 0.1) is 6.92 Å². The average molecular weight is 433 g/mol. The summed E-state index contributed by atoms with van der Waals surface area (Å²) in [7, 11) is 0. The minimum atomic E-state index is -0.681. The average Bonchev–Trinajstić information content (AvgIpc) is 3.21. The Labute approximate surface area is 182 Å². The molecular weight excluding hydrogens is 414 g/mol. The zero-order valence-electron chi connectivity index (χ0n) is 17.4. The summed E-state index contributed by atoms with van der Waals surface area (Å²) in [6.45, 7) is 3.66. The highest BCUT2D eigenvalue weighted by Crippen LogP contribution is 2.43. The van der Waals surface area contributed by atoms with Crippen LogP contribution < -0.4 is 0 Å². The molecule has 0 aliphatic heterocycles. The molecule has 11 heteroatoms. The first-order chi connectivity index (χ1) is 15.6. The molecule has 0 radical (unpaired) electrons. The lowest BCUT2D eigenvalue weighted by atomic mass is 9.94. The van der Waals surface area contributed by atoms with Gasteiger partial charge in [-0.15, -0.1) is 0 Å². The monoisotopic (exact) mass is 433 g/mol. The third-order valence-corrected chi connectivity index (χ3v) is 5.33.